The summed E-state index contributed by atoms with van der Waals surface area (Å²) in [5.74, 6) is 0.819. The molecule has 0 saturated carbocycles. The maximum Gasteiger partial charge on any atom is 0.161 e. The minimum absolute atomic E-state index is 0.117. The van der Waals surface area contributed by atoms with Crippen molar-refractivity contribution in [2.24, 2.45) is 0 Å². The number of rotatable bonds is 5. The van der Waals surface area contributed by atoms with Crippen molar-refractivity contribution < 1.29 is 13.9 Å². The van der Waals surface area contributed by atoms with Crippen molar-refractivity contribution in [2.75, 3.05) is 21.3 Å². The summed E-state index contributed by atoms with van der Waals surface area (Å²) in [6, 6.07) is 10.1. The van der Waals surface area contributed by atoms with E-state index >= 15 is 0 Å². The van der Waals surface area contributed by atoms with Gasteiger partial charge in [0.15, 0.2) is 11.5 Å². The average Bonchev–Trinajstić information content (AvgIpc) is 2.51. The van der Waals surface area contributed by atoms with Gasteiger partial charge in [-0.25, -0.2) is 4.39 Å². The first-order chi connectivity index (χ1) is 10.1. The smallest absolute Gasteiger partial charge is 0.161 e. The summed E-state index contributed by atoms with van der Waals surface area (Å²) in [5.41, 5.74) is 1.58. The third-order valence-corrected chi connectivity index (χ3v) is 3.72. The molecule has 0 amide bonds. The quantitative estimate of drug-likeness (QED) is 0.911. The number of hydrogen-bond donors (Lipinski definition) is 1. The Labute approximate surface area is 128 Å². The molecular weight excluding hydrogens is 293 g/mol. The topological polar surface area (TPSA) is 30.5 Å². The van der Waals surface area contributed by atoms with Crippen LogP contribution in [-0.2, 0) is 0 Å². The van der Waals surface area contributed by atoms with E-state index in [0.717, 1.165) is 5.56 Å². The summed E-state index contributed by atoms with van der Waals surface area (Å²) in [5, 5.41) is 3.26. The van der Waals surface area contributed by atoms with Gasteiger partial charge in [0.05, 0.1) is 25.3 Å². The highest BCUT2D eigenvalue weighted by Crippen LogP contribution is 2.34. The van der Waals surface area contributed by atoms with Gasteiger partial charge in [-0.3, -0.25) is 0 Å². The van der Waals surface area contributed by atoms with Gasteiger partial charge in [0.25, 0.3) is 0 Å². The van der Waals surface area contributed by atoms with Crippen LogP contribution >= 0.6 is 11.6 Å². The van der Waals surface area contributed by atoms with E-state index in [4.69, 9.17) is 21.1 Å². The molecule has 0 aliphatic carbocycles. The van der Waals surface area contributed by atoms with Crippen LogP contribution < -0.4 is 14.8 Å². The van der Waals surface area contributed by atoms with E-state index in [9.17, 15) is 4.39 Å². The van der Waals surface area contributed by atoms with Crippen LogP contribution in [0.3, 0.4) is 0 Å². The van der Waals surface area contributed by atoms with E-state index < -0.39 is 5.82 Å². The average molecular weight is 310 g/mol. The Morgan fingerprint density at radius 3 is 2.43 bits per heavy atom. The Morgan fingerprint density at radius 1 is 1.10 bits per heavy atom. The molecule has 21 heavy (non-hydrogen) atoms. The van der Waals surface area contributed by atoms with Crippen molar-refractivity contribution in [1.82, 2.24) is 5.32 Å². The number of nitrogens with one attached hydrogen (secondary N) is 1. The van der Waals surface area contributed by atoms with E-state index in [0.29, 0.717) is 17.1 Å². The molecule has 5 heteroatoms. The van der Waals surface area contributed by atoms with Crippen LogP contribution in [0.4, 0.5) is 4.39 Å². The van der Waals surface area contributed by atoms with E-state index in [1.807, 2.05) is 18.2 Å². The molecule has 0 saturated heterocycles. The predicted molar refractivity (Wildman–Crippen MR) is 81.9 cm³/mol. The number of halogens is 2. The second kappa shape index (κ2) is 6.78. The molecule has 0 aromatic heterocycles. The van der Waals surface area contributed by atoms with Crippen LogP contribution in [0.1, 0.15) is 17.2 Å². The van der Waals surface area contributed by atoms with Gasteiger partial charge in [-0.1, -0.05) is 29.8 Å². The molecule has 2 rings (SSSR count). The van der Waals surface area contributed by atoms with Gasteiger partial charge in [-0.05, 0) is 36.4 Å². The molecule has 0 aliphatic rings. The molecule has 0 fully saturated rings. The van der Waals surface area contributed by atoms with Gasteiger partial charge in [-0.2, -0.15) is 0 Å². The zero-order chi connectivity index (χ0) is 15.4. The highest BCUT2D eigenvalue weighted by atomic mass is 35.5. The van der Waals surface area contributed by atoms with Gasteiger partial charge in [0.2, 0.25) is 0 Å². The Hall–Kier alpha value is -1.78. The minimum Gasteiger partial charge on any atom is -0.493 e. The Bertz CT molecular complexity index is 634. The first-order valence-electron chi connectivity index (χ1n) is 6.45. The van der Waals surface area contributed by atoms with Gasteiger partial charge in [0, 0.05) is 0 Å². The third kappa shape index (κ3) is 3.12. The van der Waals surface area contributed by atoms with Crippen LogP contribution in [0, 0.1) is 5.82 Å². The molecule has 2 aromatic rings. The van der Waals surface area contributed by atoms with Crippen LogP contribution in [-0.4, -0.2) is 21.3 Å². The lowest BCUT2D eigenvalue weighted by Crippen LogP contribution is -2.18. The maximum absolute atomic E-state index is 13.7. The van der Waals surface area contributed by atoms with Gasteiger partial charge in [-0.15, -0.1) is 0 Å². The van der Waals surface area contributed by atoms with E-state index in [-0.39, 0.29) is 11.1 Å². The SMILES string of the molecule is CNC(c1ccc(OC)c(OC)c1)c1cccc(F)c1Cl. The summed E-state index contributed by atoms with van der Waals surface area (Å²) in [4.78, 5) is 0. The summed E-state index contributed by atoms with van der Waals surface area (Å²) >= 11 is 6.08. The zero-order valence-electron chi connectivity index (χ0n) is 12.1. The molecule has 0 spiro atoms. The predicted octanol–water partition coefficient (Wildman–Crippen LogP) is 3.81. The van der Waals surface area contributed by atoms with Crippen molar-refractivity contribution in [2.45, 2.75) is 6.04 Å². The Balaban J connectivity index is 2.49. The number of hydrogen-bond acceptors (Lipinski definition) is 3. The number of methoxy groups -OCH3 is 2. The molecular formula is C16H17ClFNO2. The van der Waals surface area contributed by atoms with Crippen molar-refractivity contribution in [3.8, 4) is 11.5 Å². The molecule has 1 unspecified atom stereocenters. The zero-order valence-corrected chi connectivity index (χ0v) is 12.9. The highest BCUT2D eigenvalue weighted by Gasteiger charge is 2.19. The normalized spacial score (nSPS) is 12.0. The monoisotopic (exact) mass is 309 g/mol. The molecule has 1 N–H and O–H groups in total. The summed E-state index contributed by atoms with van der Waals surface area (Å²) in [6.45, 7) is 0. The lowest BCUT2D eigenvalue weighted by molar-refractivity contribution is 0.354. The first kappa shape index (κ1) is 15.6. The largest absolute Gasteiger partial charge is 0.493 e. The second-order valence-corrected chi connectivity index (χ2v) is 4.86. The fraction of sp³-hybridized carbons (Fsp3) is 0.250. The van der Waals surface area contributed by atoms with E-state index in [1.54, 1.807) is 33.4 Å². The van der Waals surface area contributed by atoms with Crippen molar-refractivity contribution in [1.29, 1.82) is 0 Å². The van der Waals surface area contributed by atoms with E-state index in [1.165, 1.54) is 6.07 Å². The van der Waals surface area contributed by atoms with Crippen molar-refractivity contribution in [3.63, 3.8) is 0 Å². The standard InChI is InChI=1S/C16H17ClFNO2/c1-19-16(11-5-4-6-12(18)15(11)17)10-7-8-13(20-2)14(9-10)21-3/h4-9,16,19H,1-3H3. The van der Waals surface area contributed by atoms with Gasteiger partial charge >= 0.3 is 0 Å². The minimum atomic E-state index is -0.435. The van der Waals surface area contributed by atoms with Crippen LogP contribution in [0.15, 0.2) is 36.4 Å². The van der Waals surface area contributed by atoms with Crippen LogP contribution in [0.5, 0.6) is 11.5 Å². The Kier molecular flexibility index (Phi) is 5.04. The first-order valence-corrected chi connectivity index (χ1v) is 6.83. The molecule has 0 bridgehead atoms. The fourth-order valence-electron chi connectivity index (χ4n) is 2.28. The molecule has 2 aromatic carbocycles. The molecule has 112 valence electrons. The fourth-order valence-corrected chi connectivity index (χ4v) is 2.51. The number of benzene rings is 2. The molecule has 3 nitrogen and oxygen atoms in total. The lowest BCUT2D eigenvalue weighted by atomic mass is 9.98. The maximum atomic E-state index is 13.7. The van der Waals surface area contributed by atoms with Gasteiger partial charge < -0.3 is 14.8 Å². The van der Waals surface area contributed by atoms with Crippen LogP contribution in [0.25, 0.3) is 0 Å². The Morgan fingerprint density at radius 2 is 1.81 bits per heavy atom. The van der Waals surface area contributed by atoms with Crippen molar-refractivity contribution in [3.05, 3.63) is 58.4 Å². The lowest BCUT2D eigenvalue weighted by Gasteiger charge is -2.20. The molecule has 0 aliphatic heterocycles. The second-order valence-electron chi connectivity index (χ2n) is 4.48. The van der Waals surface area contributed by atoms with Crippen LogP contribution in [0.2, 0.25) is 5.02 Å². The van der Waals surface area contributed by atoms with Gasteiger partial charge in [0.1, 0.15) is 5.82 Å². The number of ether oxygens (including phenoxy) is 2. The molecule has 1 atom stereocenters. The summed E-state index contributed by atoms with van der Waals surface area (Å²) < 4.78 is 24.2. The van der Waals surface area contributed by atoms with E-state index in [2.05, 4.69) is 5.32 Å². The molecule has 0 radical (unpaired) electrons. The third-order valence-electron chi connectivity index (χ3n) is 3.32. The van der Waals surface area contributed by atoms with Crippen molar-refractivity contribution >= 4 is 11.6 Å². The summed E-state index contributed by atoms with van der Waals surface area (Å²) in [6.07, 6.45) is 0. The summed E-state index contributed by atoms with van der Waals surface area (Å²) in [7, 11) is 4.95. The molecule has 0 heterocycles. The highest BCUT2D eigenvalue weighted by molar-refractivity contribution is 6.31.